The first-order valence-electron chi connectivity index (χ1n) is 7.45. The number of nitrogens with two attached hydrogens (primary N) is 1. The second kappa shape index (κ2) is 8.83. The molecule has 0 aromatic heterocycles. The van der Waals surface area contributed by atoms with Gasteiger partial charge in [0, 0.05) is 11.0 Å². The smallest absolute Gasteiger partial charge is 1.00 e. The summed E-state index contributed by atoms with van der Waals surface area (Å²) in [6.45, 7) is 15.4. The van der Waals surface area contributed by atoms with Gasteiger partial charge in [-0.25, -0.2) is 0 Å². The molecule has 0 spiro atoms. The number of amidine groups is 1. The van der Waals surface area contributed by atoms with Gasteiger partial charge < -0.3 is 30.5 Å². The first-order chi connectivity index (χ1) is 9.63. The van der Waals surface area contributed by atoms with Crippen molar-refractivity contribution < 1.29 is 51.0 Å². The van der Waals surface area contributed by atoms with Crippen molar-refractivity contribution in [3.05, 3.63) is 56.7 Å². The third-order valence-corrected chi connectivity index (χ3v) is 5.80. The molecule has 2 nitrogen and oxygen atoms in total. The van der Waals surface area contributed by atoms with Crippen molar-refractivity contribution in [1.82, 2.24) is 0 Å². The third kappa shape index (κ3) is 3.59. The number of benzene rings is 1. The molecule has 1 aromatic rings. The van der Waals surface area contributed by atoms with Crippen LogP contribution in [0, 0.1) is 19.3 Å². The maximum atomic E-state index is 7.70. The fourth-order valence-electron chi connectivity index (χ4n) is 3.65. The number of halogens is 2. The van der Waals surface area contributed by atoms with Crippen LogP contribution >= 0.6 is 0 Å². The van der Waals surface area contributed by atoms with Crippen LogP contribution in [-0.4, -0.2) is 5.84 Å². The molecular formula is C19H26Cl2N2Zr. The number of allylic oxidation sites excluding steroid dienone is 4. The Morgan fingerprint density at radius 1 is 0.875 bits per heavy atom. The minimum absolute atomic E-state index is 0. The maximum absolute atomic E-state index is 7.70. The molecule has 2 rings (SSSR count). The zero-order valence-corrected chi connectivity index (χ0v) is 19.5. The van der Waals surface area contributed by atoms with Gasteiger partial charge in [-0.15, -0.1) is 0 Å². The van der Waals surface area contributed by atoms with E-state index < -0.39 is 0 Å². The summed E-state index contributed by atoms with van der Waals surface area (Å²) in [7, 11) is 0. The van der Waals surface area contributed by atoms with Crippen molar-refractivity contribution in [2.24, 2.45) is 5.73 Å². The number of hydrogen-bond acceptors (Lipinski definition) is 1. The topological polar surface area (TPSA) is 49.9 Å². The summed E-state index contributed by atoms with van der Waals surface area (Å²) < 4.78 is 0. The zero-order chi connectivity index (χ0) is 16.1. The molecule has 5 heteroatoms. The van der Waals surface area contributed by atoms with Gasteiger partial charge in [0.2, 0.25) is 0 Å². The molecule has 1 aliphatic carbocycles. The minimum atomic E-state index is -0.0433. The first kappa shape index (κ1) is 25.9. The Balaban J connectivity index is 0. The standard InChI is InChI=1S/C19H26N2.2ClH.Zr/c1-10-11(2)15(6)19(7,14(10)5)17-9-8-16(18(20)21)12(3)13(17)4;;;/h8-9H,1-7H3,(H3,20,21);2*1H;/q;;;+2/p-2. The second-order valence-electron chi connectivity index (χ2n) is 6.45. The Morgan fingerprint density at radius 3 is 1.67 bits per heavy atom. The molecule has 0 fully saturated rings. The molecule has 0 bridgehead atoms. The average Bonchev–Trinajstić information content (AvgIpc) is 2.58. The molecule has 0 radical (unpaired) electrons. The fraction of sp³-hybridized carbons (Fsp3) is 0.421. The van der Waals surface area contributed by atoms with Crippen molar-refractivity contribution in [2.75, 3.05) is 0 Å². The van der Waals surface area contributed by atoms with Crippen LogP contribution in [0.25, 0.3) is 0 Å². The predicted molar refractivity (Wildman–Crippen MR) is 91.0 cm³/mol. The number of nitrogens with one attached hydrogen (secondary N) is 1. The van der Waals surface area contributed by atoms with E-state index in [1.807, 2.05) is 6.07 Å². The van der Waals surface area contributed by atoms with Gasteiger partial charge in [-0.05, 0) is 76.3 Å². The van der Waals surface area contributed by atoms with Crippen molar-refractivity contribution in [3.8, 4) is 0 Å². The molecule has 0 saturated heterocycles. The largest absolute Gasteiger partial charge is 2.00 e. The van der Waals surface area contributed by atoms with Crippen molar-refractivity contribution in [3.63, 3.8) is 0 Å². The minimum Gasteiger partial charge on any atom is -1.00 e. The first-order valence-corrected chi connectivity index (χ1v) is 7.45. The van der Waals surface area contributed by atoms with Crippen molar-refractivity contribution in [2.45, 2.75) is 53.9 Å². The summed E-state index contributed by atoms with van der Waals surface area (Å²) in [6, 6.07) is 4.15. The normalized spacial score (nSPS) is 15.5. The van der Waals surface area contributed by atoms with E-state index in [2.05, 4.69) is 54.5 Å². The van der Waals surface area contributed by atoms with Crippen LogP contribution < -0.4 is 30.5 Å². The molecule has 0 unspecified atom stereocenters. The van der Waals surface area contributed by atoms with Crippen LogP contribution in [0.1, 0.15) is 56.9 Å². The Bertz CT molecular complexity index is 694. The molecule has 130 valence electrons. The van der Waals surface area contributed by atoms with Crippen LogP contribution in [0.2, 0.25) is 0 Å². The van der Waals surface area contributed by atoms with Crippen LogP contribution in [0.5, 0.6) is 0 Å². The van der Waals surface area contributed by atoms with Gasteiger partial charge in [0.1, 0.15) is 5.84 Å². The maximum Gasteiger partial charge on any atom is 2.00 e. The summed E-state index contributed by atoms with van der Waals surface area (Å²) >= 11 is 0. The molecule has 0 amide bonds. The number of rotatable bonds is 2. The Kier molecular flexibility index (Phi) is 9.52. The Labute approximate surface area is 177 Å². The van der Waals surface area contributed by atoms with E-state index in [4.69, 9.17) is 11.1 Å². The van der Waals surface area contributed by atoms with E-state index in [1.54, 1.807) is 0 Å². The Morgan fingerprint density at radius 2 is 1.29 bits per heavy atom. The quantitative estimate of drug-likeness (QED) is 0.425. The van der Waals surface area contributed by atoms with E-state index in [1.165, 1.54) is 33.4 Å². The van der Waals surface area contributed by atoms with Gasteiger partial charge in [-0.2, -0.15) is 0 Å². The van der Waals surface area contributed by atoms with Gasteiger partial charge in [-0.1, -0.05) is 23.3 Å². The summed E-state index contributed by atoms with van der Waals surface area (Å²) in [5.74, 6) is 0.144. The van der Waals surface area contributed by atoms with Gasteiger partial charge >= 0.3 is 26.2 Å². The molecule has 0 heterocycles. The van der Waals surface area contributed by atoms with Crippen molar-refractivity contribution in [1.29, 1.82) is 5.41 Å². The van der Waals surface area contributed by atoms with Crippen LogP contribution in [0.15, 0.2) is 34.4 Å². The summed E-state index contributed by atoms with van der Waals surface area (Å²) in [6.07, 6.45) is 0. The third-order valence-electron chi connectivity index (χ3n) is 5.80. The molecule has 0 aliphatic heterocycles. The van der Waals surface area contributed by atoms with Crippen LogP contribution in [0.4, 0.5) is 0 Å². The number of nitrogen functional groups attached to an aromatic ring is 1. The Hall–Kier alpha value is -0.367. The summed E-state index contributed by atoms with van der Waals surface area (Å²) in [5, 5.41) is 7.70. The summed E-state index contributed by atoms with van der Waals surface area (Å²) in [5.41, 5.74) is 15.8. The van der Waals surface area contributed by atoms with E-state index in [-0.39, 0.29) is 62.3 Å². The van der Waals surface area contributed by atoms with Crippen molar-refractivity contribution >= 4 is 5.84 Å². The SMILES string of the molecule is CC1=C(C)C(C)(c2ccc(C(=N)N)c(C)c2C)C(C)=C1C.[Cl-].[Cl-].[Zr+2]. The van der Waals surface area contributed by atoms with E-state index in [0.29, 0.717) is 0 Å². The monoisotopic (exact) mass is 442 g/mol. The van der Waals surface area contributed by atoms with E-state index in [0.717, 1.165) is 11.1 Å². The summed E-state index contributed by atoms with van der Waals surface area (Å²) in [4.78, 5) is 0. The predicted octanol–water partition coefficient (Wildman–Crippen LogP) is -1.46. The van der Waals surface area contributed by atoms with Gasteiger partial charge in [0.25, 0.3) is 0 Å². The van der Waals surface area contributed by atoms with Gasteiger partial charge in [0.15, 0.2) is 0 Å². The second-order valence-corrected chi connectivity index (χ2v) is 6.45. The molecule has 0 atom stereocenters. The molecule has 1 aliphatic rings. The van der Waals surface area contributed by atoms with Gasteiger partial charge in [-0.3, -0.25) is 5.41 Å². The molecule has 24 heavy (non-hydrogen) atoms. The molecule has 3 N–H and O–H groups in total. The molecule has 1 aromatic carbocycles. The number of hydrogen-bond donors (Lipinski definition) is 2. The zero-order valence-electron chi connectivity index (χ0n) is 15.5. The molecule has 0 saturated carbocycles. The van der Waals surface area contributed by atoms with E-state index in [9.17, 15) is 0 Å². The average molecular weight is 445 g/mol. The molecular weight excluding hydrogens is 418 g/mol. The van der Waals surface area contributed by atoms with Crippen LogP contribution in [0.3, 0.4) is 0 Å². The van der Waals surface area contributed by atoms with Gasteiger partial charge in [0.05, 0.1) is 0 Å². The fourth-order valence-corrected chi connectivity index (χ4v) is 3.65. The van der Waals surface area contributed by atoms with Crippen LogP contribution in [-0.2, 0) is 31.6 Å². The van der Waals surface area contributed by atoms with E-state index >= 15 is 0 Å².